The lowest BCUT2D eigenvalue weighted by atomic mass is 9.76. The highest BCUT2D eigenvalue weighted by molar-refractivity contribution is 6.17. The van der Waals surface area contributed by atoms with E-state index >= 15 is 0 Å². The van der Waals surface area contributed by atoms with Crippen LogP contribution in [-0.4, -0.2) is 18.9 Å². The van der Waals surface area contributed by atoms with Crippen LogP contribution in [0, 0.1) is 5.41 Å². The van der Waals surface area contributed by atoms with E-state index in [1.54, 1.807) is 18.2 Å². The van der Waals surface area contributed by atoms with Crippen LogP contribution in [0.4, 0.5) is 11.4 Å². The summed E-state index contributed by atoms with van der Waals surface area (Å²) < 4.78 is 5.17. The number of hydrogen-bond acceptors (Lipinski definition) is 4. The minimum Gasteiger partial charge on any atom is -0.495 e. The van der Waals surface area contributed by atoms with Crippen molar-refractivity contribution in [3.8, 4) is 5.75 Å². The zero-order valence-electron chi connectivity index (χ0n) is 12.2. The molecule has 2 aliphatic rings. The summed E-state index contributed by atoms with van der Waals surface area (Å²) in [6.07, 6.45) is 5.15. The molecule has 1 aromatic carbocycles. The molecular formula is C16H20N2O3. The van der Waals surface area contributed by atoms with Crippen LogP contribution in [0.15, 0.2) is 18.2 Å². The number of ether oxygens (including phenoxy) is 1. The van der Waals surface area contributed by atoms with E-state index in [1.807, 2.05) is 0 Å². The summed E-state index contributed by atoms with van der Waals surface area (Å²) in [4.78, 5) is 26.3. The topological polar surface area (TPSA) is 72.6 Å². The number of nitrogens with two attached hydrogens (primary N) is 1. The van der Waals surface area contributed by atoms with Gasteiger partial charge in [0.2, 0.25) is 11.8 Å². The predicted molar refractivity (Wildman–Crippen MR) is 80.0 cm³/mol. The van der Waals surface area contributed by atoms with Crippen molar-refractivity contribution in [2.45, 2.75) is 38.5 Å². The summed E-state index contributed by atoms with van der Waals surface area (Å²) in [6, 6.07) is 5.01. The SMILES string of the molecule is COc1cc(N2C(=O)CC3(CCCC3)CC2=O)ccc1N. The summed E-state index contributed by atoms with van der Waals surface area (Å²) in [6.45, 7) is 0. The summed E-state index contributed by atoms with van der Waals surface area (Å²) >= 11 is 0. The number of hydrogen-bond donors (Lipinski definition) is 1. The largest absolute Gasteiger partial charge is 0.495 e. The first kappa shape index (κ1) is 13.9. The van der Waals surface area contributed by atoms with E-state index in [0.717, 1.165) is 25.7 Å². The molecule has 5 nitrogen and oxygen atoms in total. The van der Waals surface area contributed by atoms with E-state index in [9.17, 15) is 9.59 Å². The first-order valence-corrected chi connectivity index (χ1v) is 7.34. The fraction of sp³-hybridized carbons (Fsp3) is 0.500. The maximum Gasteiger partial charge on any atom is 0.234 e. The molecule has 1 aliphatic carbocycles. The molecule has 112 valence electrons. The maximum atomic E-state index is 12.5. The number of anilines is 2. The lowest BCUT2D eigenvalue weighted by Crippen LogP contribution is -2.47. The summed E-state index contributed by atoms with van der Waals surface area (Å²) in [7, 11) is 1.52. The second-order valence-electron chi connectivity index (χ2n) is 6.11. The molecular weight excluding hydrogens is 268 g/mol. The second-order valence-corrected chi connectivity index (χ2v) is 6.11. The maximum absolute atomic E-state index is 12.5. The third-order valence-electron chi connectivity index (χ3n) is 4.69. The van der Waals surface area contributed by atoms with E-state index in [-0.39, 0.29) is 17.2 Å². The Morgan fingerprint density at radius 3 is 2.33 bits per heavy atom. The highest BCUT2D eigenvalue weighted by Gasteiger charge is 2.45. The Morgan fingerprint density at radius 1 is 1.14 bits per heavy atom. The normalized spacial score (nSPS) is 21.1. The van der Waals surface area contributed by atoms with E-state index in [0.29, 0.717) is 30.0 Å². The van der Waals surface area contributed by atoms with Gasteiger partial charge in [0.05, 0.1) is 18.5 Å². The van der Waals surface area contributed by atoms with Gasteiger partial charge in [0.25, 0.3) is 0 Å². The van der Waals surface area contributed by atoms with Crippen molar-refractivity contribution in [1.29, 1.82) is 0 Å². The number of nitrogens with zero attached hydrogens (tertiary/aromatic N) is 1. The van der Waals surface area contributed by atoms with Crippen molar-refractivity contribution in [1.82, 2.24) is 0 Å². The van der Waals surface area contributed by atoms with Crippen LogP contribution in [0.3, 0.4) is 0 Å². The zero-order valence-corrected chi connectivity index (χ0v) is 12.2. The number of rotatable bonds is 2. The molecule has 1 aromatic rings. The molecule has 1 heterocycles. The Kier molecular flexibility index (Phi) is 3.35. The molecule has 2 fully saturated rings. The molecule has 0 radical (unpaired) electrons. The molecule has 0 bridgehead atoms. The van der Waals surface area contributed by atoms with E-state index in [2.05, 4.69) is 0 Å². The molecule has 0 aromatic heterocycles. The van der Waals surface area contributed by atoms with Gasteiger partial charge < -0.3 is 10.5 Å². The molecule has 1 spiro atoms. The Morgan fingerprint density at radius 2 is 1.76 bits per heavy atom. The molecule has 0 atom stereocenters. The van der Waals surface area contributed by atoms with Crippen molar-refractivity contribution in [2.75, 3.05) is 17.7 Å². The van der Waals surface area contributed by atoms with Crippen LogP contribution < -0.4 is 15.4 Å². The van der Waals surface area contributed by atoms with Crippen molar-refractivity contribution in [3.05, 3.63) is 18.2 Å². The number of benzene rings is 1. The molecule has 1 aliphatic heterocycles. The number of carbonyl (C=O) groups excluding carboxylic acids is 2. The van der Waals surface area contributed by atoms with Crippen LogP contribution >= 0.6 is 0 Å². The van der Waals surface area contributed by atoms with Gasteiger partial charge >= 0.3 is 0 Å². The standard InChI is InChI=1S/C16H20N2O3/c1-21-13-8-11(4-5-12(13)17)18-14(19)9-16(10-15(18)20)6-2-3-7-16/h4-5,8H,2-3,6-7,9-10,17H2,1H3. The third-order valence-corrected chi connectivity index (χ3v) is 4.69. The first-order chi connectivity index (χ1) is 10.0. The Bertz CT molecular complexity index is 571. The average Bonchev–Trinajstić information content (AvgIpc) is 2.87. The van der Waals surface area contributed by atoms with Gasteiger partial charge in [0, 0.05) is 18.9 Å². The monoisotopic (exact) mass is 288 g/mol. The third kappa shape index (κ3) is 2.37. The molecule has 1 saturated heterocycles. The van der Waals surface area contributed by atoms with Crippen LogP contribution in [0.2, 0.25) is 0 Å². The predicted octanol–water partition coefficient (Wildman–Crippen LogP) is 2.49. The number of piperidine rings is 1. The van der Waals surface area contributed by atoms with Crippen LogP contribution in [0.25, 0.3) is 0 Å². The highest BCUT2D eigenvalue weighted by atomic mass is 16.5. The summed E-state index contributed by atoms with van der Waals surface area (Å²) in [5.74, 6) is 0.259. The van der Waals surface area contributed by atoms with Crippen LogP contribution in [0.5, 0.6) is 5.75 Å². The lowest BCUT2D eigenvalue weighted by Gasteiger charge is -2.37. The van der Waals surface area contributed by atoms with Gasteiger partial charge in [0.15, 0.2) is 0 Å². The Hall–Kier alpha value is -2.04. The fourth-order valence-electron chi connectivity index (χ4n) is 3.61. The first-order valence-electron chi connectivity index (χ1n) is 7.34. The van der Waals surface area contributed by atoms with Gasteiger partial charge in [-0.15, -0.1) is 0 Å². The van der Waals surface area contributed by atoms with Gasteiger partial charge in [0.1, 0.15) is 5.75 Å². The van der Waals surface area contributed by atoms with Crippen LogP contribution in [-0.2, 0) is 9.59 Å². The van der Waals surface area contributed by atoms with Gasteiger partial charge in [-0.05, 0) is 30.4 Å². The second kappa shape index (κ2) is 5.06. The number of methoxy groups -OCH3 is 1. The van der Waals surface area contributed by atoms with E-state index < -0.39 is 0 Å². The Balaban J connectivity index is 1.89. The van der Waals surface area contributed by atoms with E-state index in [1.165, 1.54) is 12.0 Å². The van der Waals surface area contributed by atoms with Crippen molar-refractivity contribution >= 4 is 23.2 Å². The van der Waals surface area contributed by atoms with Crippen LogP contribution in [0.1, 0.15) is 38.5 Å². The molecule has 1 saturated carbocycles. The number of imide groups is 1. The fourth-order valence-corrected chi connectivity index (χ4v) is 3.61. The van der Waals surface area contributed by atoms with E-state index in [4.69, 9.17) is 10.5 Å². The van der Waals surface area contributed by atoms with Gasteiger partial charge in [-0.3, -0.25) is 14.5 Å². The number of carbonyl (C=O) groups is 2. The summed E-state index contributed by atoms with van der Waals surface area (Å²) in [5.41, 5.74) is 6.74. The Labute approximate surface area is 124 Å². The number of amides is 2. The van der Waals surface area contributed by atoms with Crippen molar-refractivity contribution in [2.24, 2.45) is 5.41 Å². The average molecular weight is 288 g/mol. The lowest BCUT2D eigenvalue weighted by molar-refractivity contribution is -0.133. The summed E-state index contributed by atoms with van der Waals surface area (Å²) in [5, 5.41) is 0. The molecule has 21 heavy (non-hydrogen) atoms. The van der Waals surface area contributed by atoms with Crippen molar-refractivity contribution < 1.29 is 14.3 Å². The number of nitrogen functional groups attached to an aromatic ring is 1. The quantitative estimate of drug-likeness (QED) is 0.670. The molecule has 2 N–H and O–H groups in total. The smallest absolute Gasteiger partial charge is 0.234 e. The van der Waals surface area contributed by atoms with Gasteiger partial charge in [-0.1, -0.05) is 12.8 Å². The minimum atomic E-state index is -0.111. The van der Waals surface area contributed by atoms with Gasteiger partial charge in [-0.25, -0.2) is 0 Å². The highest BCUT2D eigenvalue weighted by Crippen LogP contribution is 2.47. The van der Waals surface area contributed by atoms with Crippen molar-refractivity contribution in [3.63, 3.8) is 0 Å². The minimum absolute atomic E-state index is 0.0808. The molecule has 0 unspecified atom stereocenters. The zero-order chi connectivity index (χ0) is 15.0. The van der Waals surface area contributed by atoms with Gasteiger partial charge in [-0.2, -0.15) is 0 Å². The molecule has 5 heteroatoms. The molecule has 2 amide bonds. The molecule has 3 rings (SSSR count).